The molecule has 3 rings (SSSR count). The molecule has 3 aromatic carbocycles. The van der Waals surface area contributed by atoms with Crippen LogP contribution in [0.2, 0.25) is 0 Å². The maximum Gasteiger partial charge on any atom is 0.297 e. The van der Waals surface area contributed by atoms with Crippen LogP contribution in [-0.2, 0) is 20.7 Å². The number of carbonyl (C=O) groups excluding carboxylic acids is 1. The molecule has 0 radical (unpaired) electrons. The van der Waals surface area contributed by atoms with E-state index >= 15 is 0 Å². The van der Waals surface area contributed by atoms with Crippen LogP contribution in [-0.4, -0.2) is 26.6 Å². The highest BCUT2D eigenvalue weighted by Gasteiger charge is 2.28. The van der Waals surface area contributed by atoms with Crippen molar-refractivity contribution in [1.82, 2.24) is 0 Å². The van der Waals surface area contributed by atoms with Crippen molar-refractivity contribution in [2.75, 3.05) is 6.26 Å². The summed E-state index contributed by atoms with van der Waals surface area (Å²) >= 11 is 1.57. The van der Waals surface area contributed by atoms with Crippen LogP contribution < -0.4 is 0 Å². The minimum absolute atomic E-state index is 0.0340. The molecule has 0 bridgehead atoms. The van der Waals surface area contributed by atoms with Crippen LogP contribution in [0.5, 0.6) is 0 Å². The van der Waals surface area contributed by atoms with Crippen molar-refractivity contribution in [2.24, 2.45) is 0 Å². The van der Waals surface area contributed by atoms with Crippen LogP contribution in [0.15, 0.2) is 88.7 Å². The molecule has 29 heavy (non-hydrogen) atoms. The third kappa shape index (κ3) is 5.56. The smallest absolute Gasteiger partial charge is 0.291 e. The fraction of sp³-hybridized carbons (Fsp3) is 0.174. The Hall–Kier alpha value is -2.41. The topological polar surface area (TPSA) is 60.4 Å². The number of rotatable bonds is 8. The molecule has 3 aromatic rings. The van der Waals surface area contributed by atoms with Crippen LogP contribution in [0.1, 0.15) is 21.5 Å². The highest BCUT2D eigenvalue weighted by atomic mass is 32.2. The summed E-state index contributed by atoms with van der Waals surface area (Å²) in [6.07, 6.45) is 0.963. The van der Waals surface area contributed by atoms with Gasteiger partial charge in [0.1, 0.15) is 6.10 Å². The summed E-state index contributed by atoms with van der Waals surface area (Å²) in [6, 6.07) is 22.7. The van der Waals surface area contributed by atoms with Gasteiger partial charge in [0, 0.05) is 16.9 Å². The van der Waals surface area contributed by atoms with Gasteiger partial charge in [-0.1, -0.05) is 60.2 Å². The minimum atomic E-state index is -4.09. The van der Waals surface area contributed by atoms with E-state index in [1.54, 1.807) is 36.0 Å². The number of hydrogen-bond acceptors (Lipinski definition) is 5. The SMILES string of the molecule is CSc1ccc(C(=O)C(Cc2ccccc2)OS(=O)(=O)c2ccc(C)cc2)cc1. The monoisotopic (exact) mass is 426 g/mol. The average Bonchev–Trinajstić information content (AvgIpc) is 2.74. The highest BCUT2D eigenvalue weighted by Crippen LogP contribution is 2.21. The van der Waals surface area contributed by atoms with Gasteiger partial charge in [-0.15, -0.1) is 11.8 Å². The van der Waals surface area contributed by atoms with E-state index in [4.69, 9.17) is 4.18 Å². The molecule has 0 aliphatic carbocycles. The first-order chi connectivity index (χ1) is 13.9. The van der Waals surface area contributed by atoms with Crippen molar-refractivity contribution in [3.05, 3.63) is 95.6 Å². The van der Waals surface area contributed by atoms with Gasteiger partial charge >= 0.3 is 0 Å². The van der Waals surface area contributed by atoms with Gasteiger partial charge in [-0.25, -0.2) is 0 Å². The van der Waals surface area contributed by atoms with Crippen molar-refractivity contribution in [1.29, 1.82) is 0 Å². The van der Waals surface area contributed by atoms with Gasteiger partial charge in [-0.3, -0.25) is 8.98 Å². The second kappa shape index (κ2) is 9.39. The number of carbonyl (C=O) groups is 1. The molecule has 6 heteroatoms. The second-order valence-corrected chi connectivity index (χ2v) is 9.09. The van der Waals surface area contributed by atoms with E-state index in [1.165, 1.54) is 12.1 Å². The molecule has 0 aromatic heterocycles. The van der Waals surface area contributed by atoms with Crippen molar-refractivity contribution in [3.63, 3.8) is 0 Å². The van der Waals surface area contributed by atoms with Crippen molar-refractivity contribution in [3.8, 4) is 0 Å². The van der Waals surface area contributed by atoms with Crippen molar-refractivity contribution in [2.45, 2.75) is 29.2 Å². The summed E-state index contributed by atoms with van der Waals surface area (Å²) in [5, 5.41) is 0. The Labute approximate surface area is 176 Å². The number of aryl methyl sites for hydroxylation is 1. The first-order valence-electron chi connectivity index (χ1n) is 9.11. The minimum Gasteiger partial charge on any atom is -0.291 e. The second-order valence-electron chi connectivity index (χ2n) is 6.63. The van der Waals surface area contributed by atoms with Crippen LogP contribution in [0.25, 0.3) is 0 Å². The van der Waals surface area contributed by atoms with Gasteiger partial charge in [-0.05, 0) is 43.0 Å². The molecule has 0 heterocycles. The molecule has 0 spiro atoms. The summed E-state index contributed by atoms with van der Waals surface area (Å²) in [4.78, 5) is 14.2. The van der Waals surface area contributed by atoms with E-state index in [0.717, 1.165) is 16.0 Å². The molecule has 0 aliphatic heterocycles. The molecule has 0 fully saturated rings. The van der Waals surface area contributed by atoms with Crippen molar-refractivity contribution < 1.29 is 17.4 Å². The number of benzene rings is 3. The molecule has 1 atom stereocenters. The van der Waals surface area contributed by atoms with Crippen LogP contribution in [0.3, 0.4) is 0 Å². The Morgan fingerprint density at radius 2 is 1.55 bits per heavy atom. The Morgan fingerprint density at radius 3 is 2.14 bits per heavy atom. The Kier molecular flexibility index (Phi) is 6.90. The number of hydrogen-bond donors (Lipinski definition) is 0. The quantitative estimate of drug-likeness (QED) is 0.291. The molecular formula is C23H22O4S2. The molecule has 0 aliphatic rings. The Balaban J connectivity index is 1.91. The van der Waals surface area contributed by atoms with Crippen LogP contribution in [0, 0.1) is 6.92 Å². The largest absolute Gasteiger partial charge is 0.297 e. The Bertz CT molecular complexity index is 1060. The van der Waals surface area contributed by atoms with Gasteiger partial charge in [0.15, 0.2) is 5.78 Å². The standard InChI is InChI=1S/C23H22O4S2/c1-17-8-14-21(15-9-17)29(25,26)27-22(16-18-6-4-3-5-7-18)23(24)19-10-12-20(28-2)13-11-19/h3-15,22H,16H2,1-2H3. The normalized spacial score (nSPS) is 12.5. The first kappa shape index (κ1) is 21.3. The lowest BCUT2D eigenvalue weighted by molar-refractivity contribution is 0.0801. The lowest BCUT2D eigenvalue weighted by atomic mass is 10.0. The number of Topliss-reactive ketones (excluding diaryl/α,β-unsaturated/α-hetero) is 1. The maximum absolute atomic E-state index is 13.1. The molecule has 150 valence electrons. The molecule has 0 amide bonds. The molecule has 4 nitrogen and oxygen atoms in total. The molecule has 0 saturated heterocycles. The summed E-state index contributed by atoms with van der Waals surface area (Å²) in [6.45, 7) is 1.87. The lowest BCUT2D eigenvalue weighted by Gasteiger charge is -2.17. The summed E-state index contributed by atoms with van der Waals surface area (Å²) in [7, 11) is -4.09. The van der Waals surface area contributed by atoms with E-state index < -0.39 is 16.2 Å². The predicted molar refractivity (Wildman–Crippen MR) is 116 cm³/mol. The van der Waals surface area contributed by atoms with E-state index in [1.807, 2.05) is 55.6 Å². The number of thioether (sulfide) groups is 1. The van der Waals surface area contributed by atoms with Crippen LogP contribution >= 0.6 is 11.8 Å². The molecule has 1 unspecified atom stereocenters. The fourth-order valence-corrected chi connectivity index (χ4v) is 4.30. The van der Waals surface area contributed by atoms with Crippen molar-refractivity contribution >= 4 is 27.7 Å². The van der Waals surface area contributed by atoms with Gasteiger partial charge in [0.2, 0.25) is 0 Å². The molecule has 0 N–H and O–H groups in total. The van der Waals surface area contributed by atoms with Crippen LogP contribution in [0.4, 0.5) is 0 Å². The summed E-state index contributed by atoms with van der Waals surface area (Å²) in [5.74, 6) is -0.364. The summed E-state index contributed by atoms with van der Waals surface area (Å²) < 4.78 is 31.1. The first-order valence-corrected chi connectivity index (χ1v) is 11.7. The lowest BCUT2D eigenvalue weighted by Crippen LogP contribution is -2.30. The van der Waals surface area contributed by atoms with E-state index in [-0.39, 0.29) is 17.1 Å². The third-order valence-corrected chi connectivity index (χ3v) is 6.56. The van der Waals surface area contributed by atoms with Gasteiger partial charge in [-0.2, -0.15) is 8.42 Å². The zero-order valence-corrected chi connectivity index (χ0v) is 17.9. The molecular weight excluding hydrogens is 404 g/mol. The van der Waals surface area contributed by atoms with Gasteiger partial charge in [0.05, 0.1) is 4.90 Å². The van der Waals surface area contributed by atoms with E-state index in [2.05, 4.69) is 0 Å². The predicted octanol–water partition coefficient (Wildman–Crippen LogP) is 4.92. The third-order valence-electron chi connectivity index (χ3n) is 4.48. The molecule has 0 saturated carbocycles. The fourth-order valence-electron chi connectivity index (χ4n) is 2.85. The number of ketones is 1. The van der Waals surface area contributed by atoms with E-state index in [9.17, 15) is 13.2 Å². The highest BCUT2D eigenvalue weighted by molar-refractivity contribution is 7.98. The zero-order valence-electron chi connectivity index (χ0n) is 16.2. The Morgan fingerprint density at radius 1 is 0.931 bits per heavy atom. The van der Waals surface area contributed by atoms with Gasteiger partial charge in [0.25, 0.3) is 10.1 Å². The zero-order chi connectivity index (χ0) is 20.9. The average molecular weight is 427 g/mol. The van der Waals surface area contributed by atoms with E-state index in [0.29, 0.717) is 5.56 Å². The maximum atomic E-state index is 13.1. The summed E-state index contributed by atoms with van der Waals surface area (Å²) in [5.41, 5.74) is 2.18. The van der Waals surface area contributed by atoms with Gasteiger partial charge < -0.3 is 0 Å².